The van der Waals surface area contributed by atoms with Crippen molar-refractivity contribution >= 4 is 24.1 Å². The summed E-state index contributed by atoms with van der Waals surface area (Å²) in [5, 5.41) is 12.4. The number of nitrogens with one attached hydrogen (secondary N) is 1. The number of hydrogen-bond acceptors (Lipinski definition) is 6. The van der Waals surface area contributed by atoms with E-state index in [1.807, 2.05) is 42.5 Å². The summed E-state index contributed by atoms with van der Waals surface area (Å²) < 4.78 is 5.62. The lowest BCUT2D eigenvalue weighted by Gasteiger charge is -2.47. The molecule has 9 heteroatoms. The van der Waals surface area contributed by atoms with Gasteiger partial charge in [0, 0.05) is 25.3 Å². The molecular formula is C26H34N4O5. The third kappa shape index (κ3) is 6.58. The molecule has 2 aromatic rings. The van der Waals surface area contributed by atoms with Gasteiger partial charge in [0.05, 0.1) is 18.7 Å². The number of aliphatic hydroxyl groups is 1. The molecule has 0 aromatic heterocycles. The normalized spacial score (nSPS) is 14.8. The summed E-state index contributed by atoms with van der Waals surface area (Å²) in [4.78, 5) is 40.3. The predicted molar refractivity (Wildman–Crippen MR) is 132 cm³/mol. The minimum atomic E-state index is -0.806. The van der Waals surface area contributed by atoms with Crippen LogP contribution in [-0.2, 0) is 33.9 Å². The SMILES string of the molecule is CCc1ccc(NC(=O)OCC2(N(C=O)Cc3ccccc3CO)CCN(C(=O)CN)CC2)cc1. The first-order chi connectivity index (χ1) is 16.9. The van der Waals surface area contributed by atoms with Crippen molar-refractivity contribution in [3.8, 4) is 0 Å². The molecule has 188 valence electrons. The molecule has 1 aliphatic rings. The van der Waals surface area contributed by atoms with Gasteiger partial charge < -0.3 is 25.4 Å². The van der Waals surface area contributed by atoms with E-state index in [9.17, 15) is 19.5 Å². The first-order valence-electron chi connectivity index (χ1n) is 11.8. The van der Waals surface area contributed by atoms with Crippen LogP contribution in [-0.4, -0.2) is 65.1 Å². The molecule has 0 unspecified atom stereocenters. The van der Waals surface area contributed by atoms with Gasteiger partial charge in [-0.1, -0.05) is 43.3 Å². The molecule has 3 rings (SSSR count). The molecule has 1 fully saturated rings. The number of nitrogens with two attached hydrogens (primary N) is 1. The molecule has 0 saturated carbocycles. The molecule has 0 spiro atoms. The van der Waals surface area contributed by atoms with E-state index < -0.39 is 11.6 Å². The van der Waals surface area contributed by atoms with Crippen molar-refractivity contribution in [3.05, 3.63) is 65.2 Å². The Morgan fingerprint density at radius 1 is 1.14 bits per heavy atom. The van der Waals surface area contributed by atoms with Crippen molar-refractivity contribution < 1.29 is 24.2 Å². The van der Waals surface area contributed by atoms with Crippen LogP contribution in [0, 0.1) is 0 Å². The number of amides is 3. The molecular weight excluding hydrogens is 448 g/mol. The topological polar surface area (TPSA) is 125 Å². The maximum absolute atomic E-state index is 12.6. The average Bonchev–Trinajstić information content (AvgIpc) is 2.91. The lowest BCUT2D eigenvalue weighted by atomic mass is 9.86. The number of carbonyl (C=O) groups excluding carboxylic acids is 3. The van der Waals surface area contributed by atoms with Crippen LogP contribution in [0.4, 0.5) is 10.5 Å². The lowest BCUT2D eigenvalue weighted by Crippen LogP contribution is -2.59. The third-order valence-electron chi connectivity index (χ3n) is 6.67. The zero-order chi connectivity index (χ0) is 25.3. The molecule has 1 saturated heterocycles. The largest absolute Gasteiger partial charge is 0.447 e. The van der Waals surface area contributed by atoms with E-state index >= 15 is 0 Å². The summed E-state index contributed by atoms with van der Waals surface area (Å²) in [7, 11) is 0. The Hall–Kier alpha value is -3.43. The molecule has 0 radical (unpaired) electrons. The standard InChI is InChI=1S/C26H34N4O5/c1-2-20-7-9-23(10-8-20)28-25(34)35-18-26(11-13-29(14-12-26)24(33)15-27)30(19-32)16-21-5-3-4-6-22(21)17-31/h3-10,19,31H,2,11-18,27H2,1H3,(H,28,34). The molecule has 0 aliphatic carbocycles. The number of piperidine rings is 1. The van der Waals surface area contributed by atoms with Crippen LogP contribution in [0.15, 0.2) is 48.5 Å². The van der Waals surface area contributed by atoms with Gasteiger partial charge in [-0.15, -0.1) is 0 Å². The van der Waals surface area contributed by atoms with Crippen LogP contribution in [0.3, 0.4) is 0 Å². The van der Waals surface area contributed by atoms with E-state index in [4.69, 9.17) is 10.5 Å². The van der Waals surface area contributed by atoms with E-state index in [0.717, 1.165) is 29.5 Å². The Balaban J connectivity index is 1.76. The van der Waals surface area contributed by atoms with Crippen molar-refractivity contribution in [2.24, 2.45) is 5.73 Å². The van der Waals surface area contributed by atoms with Crippen molar-refractivity contribution in [2.75, 3.05) is 31.6 Å². The molecule has 0 atom stereocenters. The number of rotatable bonds is 10. The number of aryl methyl sites for hydroxylation is 1. The highest BCUT2D eigenvalue weighted by Gasteiger charge is 2.42. The van der Waals surface area contributed by atoms with Gasteiger partial charge >= 0.3 is 6.09 Å². The molecule has 3 amide bonds. The van der Waals surface area contributed by atoms with Crippen LogP contribution in [0.1, 0.15) is 36.5 Å². The van der Waals surface area contributed by atoms with E-state index in [2.05, 4.69) is 12.2 Å². The van der Waals surface area contributed by atoms with Gasteiger partial charge in [-0.05, 0) is 48.1 Å². The van der Waals surface area contributed by atoms with Crippen molar-refractivity contribution in [1.82, 2.24) is 9.80 Å². The number of benzene rings is 2. The number of hydrogen-bond donors (Lipinski definition) is 3. The van der Waals surface area contributed by atoms with Crippen LogP contribution in [0.5, 0.6) is 0 Å². The number of carbonyl (C=O) groups is 3. The Morgan fingerprint density at radius 3 is 2.37 bits per heavy atom. The third-order valence-corrected chi connectivity index (χ3v) is 6.67. The fraction of sp³-hybridized carbons (Fsp3) is 0.423. The minimum Gasteiger partial charge on any atom is -0.447 e. The van der Waals surface area contributed by atoms with Gasteiger partial charge in [0.25, 0.3) is 0 Å². The zero-order valence-corrected chi connectivity index (χ0v) is 20.1. The second kappa shape index (κ2) is 12.3. The van der Waals surface area contributed by atoms with Gasteiger partial charge in [0.1, 0.15) is 6.61 Å². The summed E-state index contributed by atoms with van der Waals surface area (Å²) in [6.45, 7) is 2.83. The molecule has 1 aliphatic heterocycles. The van der Waals surface area contributed by atoms with Crippen molar-refractivity contribution in [3.63, 3.8) is 0 Å². The maximum Gasteiger partial charge on any atom is 0.411 e. The number of anilines is 1. The second-order valence-corrected chi connectivity index (χ2v) is 8.72. The average molecular weight is 483 g/mol. The van der Waals surface area contributed by atoms with E-state index in [1.165, 1.54) is 0 Å². The highest BCUT2D eigenvalue weighted by atomic mass is 16.5. The lowest BCUT2D eigenvalue weighted by molar-refractivity contribution is -0.137. The van der Waals surface area contributed by atoms with E-state index in [1.54, 1.807) is 15.9 Å². The Morgan fingerprint density at radius 2 is 1.80 bits per heavy atom. The highest BCUT2D eigenvalue weighted by molar-refractivity contribution is 5.84. The fourth-order valence-corrected chi connectivity index (χ4v) is 4.36. The number of likely N-dealkylation sites (tertiary alicyclic amines) is 1. The number of ether oxygens (including phenoxy) is 1. The van der Waals surface area contributed by atoms with Crippen molar-refractivity contribution in [2.45, 2.75) is 44.9 Å². The smallest absolute Gasteiger partial charge is 0.411 e. The predicted octanol–water partition coefficient (Wildman–Crippen LogP) is 2.27. The summed E-state index contributed by atoms with van der Waals surface area (Å²) in [6, 6.07) is 14.8. The van der Waals surface area contributed by atoms with Crippen LogP contribution in [0.25, 0.3) is 0 Å². The summed E-state index contributed by atoms with van der Waals surface area (Å²) in [5.41, 5.74) is 8.02. The summed E-state index contributed by atoms with van der Waals surface area (Å²) in [6.07, 6.45) is 1.89. The number of nitrogens with zero attached hydrogens (tertiary/aromatic N) is 2. The second-order valence-electron chi connectivity index (χ2n) is 8.72. The summed E-state index contributed by atoms with van der Waals surface area (Å²) in [5.74, 6) is -0.156. The van der Waals surface area contributed by atoms with Crippen molar-refractivity contribution in [1.29, 1.82) is 0 Å². The Bertz CT molecular complexity index is 1000. The fourth-order valence-electron chi connectivity index (χ4n) is 4.36. The summed E-state index contributed by atoms with van der Waals surface area (Å²) >= 11 is 0. The molecule has 9 nitrogen and oxygen atoms in total. The van der Waals surface area contributed by atoms with Crippen LogP contribution in [0.2, 0.25) is 0 Å². The first kappa shape index (κ1) is 26.2. The number of aliphatic hydroxyl groups excluding tert-OH is 1. The van der Waals surface area contributed by atoms with Gasteiger partial charge in [0.15, 0.2) is 0 Å². The molecule has 1 heterocycles. The molecule has 2 aromatic carbocycles. The Kier molecular flexibility index (Phi) is 9.22. The zero-order valence-electron chi connectivity index (χ0n) is 20.1. The molecule has 35 heavy (non-hydrogen) atoms. The highest BCUT2D eigenvalue weighted by Crippen LogP contribution is 2.31. The van der Waals surface area contributed by atoms with Gasteiger partial charge in [-0.3, -0.25) is 14.9 Å². The quantitative estimate of drug-likeness (QED) is 0.446. The van der Waals surface area contributed by atoms with Gasteiger partial charge in [-0.2, -0.15) is 0 Å². The van der Waals surface area contributed by atoms with Crippen LogP contribution >= 0.6 is 0 Å². The first-order valence-corrected chi connectivity index (χ1v) is 11.8. The maximum atomic E-state index is 12.6. The molecule has 0 bridgehead atoms. The Labute approximate surface area is 205 Å². The van der Waals surface area contributed by atoms with Crippen LogP contribution < -0.4 is 11.1 Å². The molecule has 4 N–H and O–H groups in total. The van der Waals surface area contributed by atoms with Gasteiger partial charge in [-0.25, -0.2) is 4.79 Å². The van der Waals surface area contributed by atoms with E-state index in [0.29, 0.717) is 31.6 Å². The van der Waals surface area contributed by atoms with Gasteiger partial charge in [0.2, 0.25) is 12.3 Å². The minimum absolute atomic E-state index is 0.0312. The van der Waals surface area contributed by atoms with E-state index in [-0.39, 0.29) is 32.2 Å². The monoisotopic (exact) mass is 482 g/mol.